The zero-order chi connectivity index (χ0) is 28.0. The predicted molar refractivity (Wildman–Crippen MR) is 133 cm³/mol. The summed E-state index contributed by atoms with van der Waals surface area (Å²) in [6.45, 7) is -3.21. The van der Waals surface area contributed by atoms with Crippen molar-refractivity contribution in [2.45, 2.75) is 25.4 Å². The summed E-state index contributed by atoms with van der Waals surface area (Å²) in [7, 11) is 2.62. The number of nitrogens with two attached hydrogens (primary N) is 1. The first-order chi connectivity index (χ1) is 18.6. The van der Waals surface area contributed by atoms with Gasteiger partial charge in [0.05, 0.1) is 23.9 Å². The van der Waals surface area contributed by atoms with Gasteiger partial charge in [-0.15, -0.1) is 0 Å². The first-order valence-corrected chi connectivity index (χ1v) is 11.8. The number of carbonyl (C=O) groups is 1. The van der Waals surface area contributed by atoms with E-state index in [4.69, 9.17) is 10.5 Å². The van der Waals surface area contributed by atoms with Crippen molar-refractivity contribution >= 4 is 5.91 Å². The average molecular weight is 542 g/mol. The molecule has 1 aliphatic carbocycles. The summed E-state index contributed by atoms with van der Waals surface area (Å²) in [6.07, 6.45) is 1.88. The molecule has 1 amide bonds. The molecule has 0 aliphatic heterocycles. The van der Waals surface area contributed by atoms with Crippen molar-refractivity contribution in [3.63, 3.8) is 0 Å². The Morgan fingerprint density at radius 3 is 2.33 bits per heavy atom. The highest BCUT2D eigenvalue weighted by atomic mass is 19.3. The number of rotatable bonds is 8. The third-order valence-electron chi connectivity index (χ3n) is 6.47. The van der Waals surface area contributed by atoms with Gasteiger partial charge >= 0.3 is 6.61 Å². The maximum Gasteiger partial charge on any atom is 0.387 e. The fraction of sp³-hybridized carbons (Fsp3) is 0.222. The fourth-order valence-corrected chi connectivity index (χ4v) is 4.57. The zero-order valence-corrected chi connectivity index (χ0v) is 20.8. The molecule has 2 aromatic heterocycles. The summed E-state index contributed by atoms with van der Waals surface area (Å²) in [5.74, 6) is -3.24. The topological polar surface area (TPSA) is 101 Å². The van der Waals surface area contributed by atoms with Crippen LogP contribution in [0.5, 0.6) is 11.5 Å². The van der Waals surface area contributed by atoms with E-state index in [0.717, 1.165) is 53.5 Å². The maximum atomic E-state index is 15.4. The molecule has 0 bridgehead atoms. The number of primary amides is 1. The number of ether oxygens (including phenoxy) is 2. The Hall–Kier alpha value is -4.61. The van der Waals surface area contributed by atoms with Gasteiger partial charge in [-0.3, -0.25) is 14.3 Å². The molecule has 1 fully saturated rings. The van der Waals surface area contributed by atoms with Crippen LogP contribution in [0, 0.1) is 11.6 Å². The second-order valence-corrected chi connectivity index (χ2v) is 8.98. The van der Waals surface area contributed by atoms with Crippen LogP contribution in [0.1, 0.15) is 34.8 Å². The maximum absolute atomic E-state index is 15.4. The Kier molecular flexibility index (Phi) is 6.62. The summed E-state index contributed by atoms with van der Waals surface area (Å²) in [4.78, 5) is 30.9. The van der Waals surface area contributed by atoms with Crippen LogP contribution in [0.4, 0.5) is 17.6 Å². The van der Waals surface area contributed by atoms with Crippen molar-refractivity contribution in [3.8, 4) is 39.7 Å². The molecule has 2 heterocycles. The number of hydrogen-bond donors (Lipinski definition) is 1. The van der Waals surface area contributed by atoms with E-state index in [2.05, 4.69) is 9.72 Å². The zero-order valence-electron chi connectivity index (χ0n) is 20.8. The Bertz CT molecular complexity index is 1640. The van der Waals surface area contributed by atoms with E-state index in [1.165, 1.54) is 18.8 Å². The fourth-order valence-electron chi connectivity index (χ4n) is 4.57. The van der Waals surface area contributed by atoms with Crippen LogP contribution in [0.25, 0.3) is 28.2 Å². The lowest BCUT2D eigenvalue weighted by Gasteiger charge is -2.14. The lowest BCUT2D eigenvalue weighted by Crippen LogP contribution is -2.22. The van der Waals surface area contributed by atoms with E-state index in [1.54, 1.807) is 12.1 Å². The Balaban J connectivity index is 1.87. The van der Waals surface area contributed by atoms with Gasteiger partial charge in [-0.05, 0) is 43.2 Å². The molecule has 2 N–H and O–H groups in total. The molecule has 2 aromatic carbocycles. The smallest absolute Gasteiger partial charge is 0.387 e. The molecule has 202 valence electrons. The van der Waals surface area contributed by atoms with Gasteiger partial charge in [0.15, 0.2) is 5.82 Å². The monoisotopic (exact) mass is 542 g/mol. The van der Waals surface area contributed by atoms with Gasteiger partial charge in [0, 0.05) is 41.9 Å². The highest BCUT2D eigenvalue weighted by molar-refractivity contribution is 6.02. The van der Waals surface area contributed by atoms with Crippen molar-refractivity contribution in [3.05, 3.63) is 81.8 Å². The quantitative estimate of drug-likeness (QED) is 0.323. The average Bonchev–Trinajstić information content (AvgIpc) is 3.69. The van der Waals surface area contributed by atoms with Crippen LogP contribution in [0.15, 0.2) is 53.3 Å². The van der Waals surface area contributed by atoms with Crippen molar-refractivity contribution in [1.29, 1.82) is 0 Å². The third-order valence-corrected chi connectivity index (χ3v) is 6.47. The van der Waals surface area contributed by atoms with Crippen molar-refractivity contribution in [2.75, 3.05) is 7.11 Å². The van der Waals surface area contributed by atoms with Gasteiger partial charge in [-0.25, -0.2) is 13.8 Å². The first-order valence-electron chi connectivity index (χ1n) is 11.8. The minimum atomic E-state index is -3.21. The summed E-state index contributed by atoms with van der Waals surface area (Å²) in [6, 6.07) is 10.1. The molecule has 0 radical (unpaired) electrons. The summed E-state index contributed by atoms with van der Waals surface area (Å²) in [5.41, 5.74) is 3.70. The number of aromatic nitrogens is 3. The van der Waals surface area contributed by atoms with Gasteiger partial charge in [0.2, 0.25) is 5.91 Å². The Morgan fingerprint density at radius 2 is 1.74 bits per heavy atom. The first kappa shape index (κ1) is 26.0. The van der Waals surface area contributed by atoms with E-state index < -0.39 is 41.0 Å². The van der Waals surface area contributed by atoms with Gasteiger partial charge in [0.1, 0.15) is 23.1 Å². The number of amides is 1. The van der Waals surface area contributed by atoms with Gasteiger partial charge < -0.3 is 15.2 Å². The molecule has 0 spiro atoms. The number of nitrogens with zero attached hydrogens (tertiary/aromatic N) is 3. The number of alkyl halides is 2. The molecule has 4 aromatic rings. The molecule has 1 saturated carbocycles. The van der Waals surface area contributed by atoms with Crippen LogP contribution in [-0.4, -0.2) is 34.0 Å². The molecule has 5 rings (SSSR count). The van der Waals surface area contributed by atoms with E-state index >= 15 is 8.78 Å². The minimum absolute atomic E-state index is 0.108. The largest absolute Gasteiger partial charge is 0.497 e. The van der Waals surface area contributed by atoms with Crippen molar-refractivity contribution in [1.82, 2.24) is 14.3 Å². The van der Waals surface area contributed by atoms with E-state index in [0.29, 0.717) is 0 Å². The van der Waals surface area contributed by atoms with Crippen LogP contribution < -0.4 is 20.8 Å². The van der Waals surface area contributed by atoms with Crippen LogP contribution >= 0.6 is 0 Å². The number of methoxy groups -OCH3 is 1. The van der Waals surface area contributed by atoms with Crippen LogP contribution in [0.2, 0.25) is 0 Å². The molecule has 39 heavy (non-hydrogen) atoms. The molecular weight excluding hydrogens is 520 g/mol. The summed E-state index contributed by atoms with van der Waals surface area (Å²) in [5, 5.41) is 0. The second-order valence-electron chi connectivity index (χ2n) is 8.98. The molecular formula is C27H22F4N4O4. The molecule has 0 unspecified atom stereocenters. The number of halogens is 4. The minimum Gasteiger partial charge on any atom is -0.497 e. The summed E-state index contributed by atoms with van der Waals surface area (Å²) >= 11 is 0. The lowest BCUT2D eigenvalue weighted by molar-refractivity contribution is -0.0498. The van der Waals surface area contributed by atoms with Crippen LogP contribution in [0.3, 0.4) is 0 Å². The van der Waals surface area contributed by atoms with E-state index in [-0.39, 0.29) is 39.9 Å². The number of carbonyl (C=O) groups excluding carboxylic acids is 1. The number of pyridine rings is 1. The van der Waals surface area contributed by atoms with Gasteiger partial charge in [0.25, 0.3) is 5.56 Å². The SMILES string of the molecule is COc1cc(F)c(-c2c(-c3cc(OC(F)F)ccc3C(N)=O)c(=O)n(-c3cccc(C4CC4)n3)n2C)c(F)c1. The summed E-state index contributed by atoms with van der Waals surface area (Å²) < 4.78 is 68.5. The van der Waals surface area contributed by atoms with Gasteiger partial charge in [-0.2, -0.15) is 13.5 Å². The van der Waals surface area contributed by atoms with E-state index in [9.17, 15) is 18.4 Å². The molecule has 0 saturated heterocycles. The molecule has 12 heteroatoms. The van der Waals surface area contributed by atoms with E-state index in [1.807, 2.05) is 6.07 Å². The number of hydrogen-bond acceptors (Lipinski definition) is 5. The Labute approximate surface area is 219 Å². The third kappa shape index (κ3) is 4.73. The molecule has 1 aliphatic rings. The molecule has 0 atom stereocenters. The normalized spacial score (nSPS) is 13.1. The van der Waals surface area contributed by atoms with Crippen molar-refractivity contribution in [2.24, 2.45) is 12.8 Å². The highest BCUT2D eigenvalue weighted by Crippen LogP contribution is 2.40. The van der Waals surface area contributed by atoms with Crippen molar-refractivity contribution < 1.29 is 31.8 Å². The Morgan fingerprint density at radius 1 is 1.05 bits per heavy atom. The van der Waals surface area contributed by atoms with Crippen LogP contribution in [-0.2, 0) is 7.05 Å². The molecule has 8 nitrogen and oxygen atoms in total. The standard InChI is InChI=1S/C27H22F4N4O4/c1-34-24(23-18(28)11-15(38-2)12-19(23)29)22(17-10-14(39-27(30)31)8-9-16(17)25(32)36)26(37)35(34)21-5-3-4-20(33-21)13-6-7-13/h3-5,8-13,27H,6-7H2,1-2H3,(H2,32,36). The predicted octanol–water partition coefficient (Wildman–Crippen LogP) is 4.77. The lowest BCUT2D eigenvalue weighted by atomic mass is 9.95. The number of benzene rings is 2. The highest BCUT2D eigenvalue weighted by Gasteiger charge is 2.31. The second kappa shape index (κ2) is 9.93. The van der Waals surface area contributed by atoms with Gasteiger partial charge in [-0.1, -0.05) is 6.07 Å².